The van der Waals surface area contributed by atoms with Crippen molar-refractivity contribution in [3.05, 3.63) is 206 Å². The van der Waals surface area contributed by atoms with Crippen LogP contribution in [0.15, 0.2) is 206 Å². The van der Waals surface area contributed by atoms with E-state index < -0.39 is 0 Å². The monoisotopic (exact) mass is 714 g/mol. The summed E-state index contributed by atoms with van der Waals surface area (Å²) in [7, 11) is 0. The molecule has 0 saturated heterocycles. The van der Waals surface area contributed by atoms with Crippen LogP contribution < -0.4 is 0 Å². The SMILES string of the molecule is c1ccc(-c2cc(-n3c4ccccc4c4c(-c5cc6c(cc5-c5ccccc5)c5ccccc5n6-c5ccccc5)cccc43)nc(-c3ccccc3)n2)cc1. The lowest BCUT2D eigenvalue weighted by Gasteiger charge is -2.15. The first-order chi connectivity index (χ1) is 27.8. The number of fused-ring (bicyclic) bond motifs is 6. The van der Waals surface area contributed by atoms with Crippen molar-refractivity contribution >= 4 is 43.6 Å². The van der Waals surface area contributed by atoms with Gasteiger partial charge in [0.15, 0.2) is 5.82 Å². The predicted molar refractivity (Wildman–Crippen MR) is 232 cm³/mol. The molecule has 3 heterocycles. The van der Waals surface area contributed by atoms with Crippen LogP contribution in [-0.4, -0.2) is 19.1 Å². The van der Waals surface area contributed by atoms with Crippen LogP contribution >= 0.6 is 0 Å². The number of nitrogens with zero attached hydrogens (tertiary/aromatic N) is 4. The molecular formula is C52H34N4. The standard InChI is InChI=1S/C52H34N4/c1-5-18-35(19-6-1)42-32-44-39-26-13-15-29-46(39)55(38-24-11-4-12-25-38)49(44)33-43(42)40-28-17-31-48-51(40)41-27-14-16-30-47(41)56(48)50-34-45(36-20-7-2-8-21-36)53-52(54-50)37-22-9-3-10-23-37/h1-34H. The van der Waals surface area contributed by atoms with Crippen LogP contribution in [0, 0.1) is 0 Å². The zero-order chi connectivity index (χ0) is 37.0. The molecular weight excluding hydrogens is 681 g/mol. The van der Waals surface area contributed by atoms with Gasteiger partial charge >= 0.3 is 0 Å². The average Bonchev–Trinajstić information content (AvgIpc) is 3.80. The van der Waals surface area contributed by atoms with Crippen molar-refractivity contribution in [3.63, 3.8) is 0 Å². The molecule has 0 aliphatic carbocycles. The van der Waals surface area contributed by atoms with Gasteiger partial charge in [-0.15, -0.1) is 0 Å². The number of benzene rings is 8. The average molecular weight is 715 g/mol. The fraction of sp³-hybridized carbons (Fsp3) is 0. The molecule has 11 aromatic rings. The highest BCUT2D eigenvalue weighted by atomic mass is 15.1. The van der Waals surface area contributed by atoms with Crippen LogP contribution in [0.1, 0.15) is 0 Å². The Hall–Kier alpha value is -7.56. The molecule has 0 N–H and O–H groups in total. The van der Waals surface area contributed by atoms with Gasteiger partial charge in [0.25, 0.3) is 0 Å². The Morgan fingerprint density at radius 2 is 0.893 bits per heavy atom. The molecule has 0 fully saturated rings. The Morgan fingerprint density at radius 1 is 0.321 bits per heavy atom. The van der Waals surface area contributed by atoms with Crippen molar-refractivity contribution in [2.24, 2.45) is 0 Å². The molecule has 0 unspecified atom stereocenters. The topological polar surface area (TPSA) is 35.6 Å². The van der Waals surface area contributed by atoms with E-state index in [2.05, 4.69) is 191 Å². The molecule has 0 spiro atoms. The molecule has 56 heavy (non-hydrogen) atoms. The fourth-order valence-corrected chi connectivity index (χ4v) is 8.46. The minimum absolute atomic E-state index is 0.689. The Labute approximate surface area is 324 Å². The van der Waals surface area contributed by atoms with Gasteiger partial charge in [-0.2, -0.15) is 0 Å². The summed E-state index contributed by atoms with van der Waals surface area (Å²) in [5, 5.41) is 4.81. The number of rotatable bonds is 6. The van der Waals surface area contributed by atoms with E-state index in [1.165, 1.54) is 54.8 Å². The molecule has 4 heteroatoms. The first-order valence-corrected chi connectivity index (χ1v) is 19.0. The van der Waals surface area contributed by atoms with Gasteiger partial charge in [-0.25, -0.2) is 9.97 Å². The summed E-state index contributed by atoms with van der Waals surface area (Å²) >= 11 is 0. The summed E-state index contributed by atoms with van der Waals surface area (Å²) in [6.45, 7) is 0. The zero-order valence-electron chi connectivity index (χ0n) is 30.4. The molecule has 0 amide bonds. The van der Waals surface area contributed by atoms with Crippen LogP contribution in [0.3, 0.4) is 0 Å². The molecule has 3 aromatic heterocycles. The summed E-state index contributed by atoms with van der Waals surface area (Å²) in [6, 6.07) is 73.3. The summed E-state index contributed by atoms with van der Waals surface area (Å²) in [4.78, 5) is 10.4. The van der Waals surface area contributed by atoms with Crippen LogP contribution in [0.4, 0.5) is 0 Å². The quantitative estimate of drug-likeness (QED) is 0.172. The second-order valence-corrected chi connectivity index (χ2v) is 14.2. The van der Waals surface area contributed by atoms with Crippen LogP contribution in [0.25, 0.3) is 100 Å². The van der Waals surface area contributed by atoms with Gasteiger partial charge in [0.05, 0.1) is 27.8 Å². The van der Waals surface area contributed by atoms with Crippen molar-refractivity contribution in [1.82, 2.24) is 19.1 Å². The molecule has 8 aromatic carbocycles. The van der Waals surface area contributed by atoms with Gasteiger partial charge in [-0.3, -0.25) is 4.57 Å². The van der Waals surface area contributed by atoms with Gasteiger partial charge in [0, 0.05) is 44.4 Å². The second kappa shape index (κ2) is 13.1. The Balaban J connectivity index is 1.24. The highest BCUT2D eigenvalue weighted by Crippen LogP contribution is 2.45. The van der Waals surface area contributed by atoms with E-state index in [9.17, 15) is 0 Å². The maximum absolute atomic E-state index is 5.30. The zero-order valence-corrected chi connectivity index (χ0v) is 30.4. The highest BCUT2D eigenvalue weighted by molar-refractivity contribution is 6.19. The van der Waals surface area contributed by atoms with Crippen molar-refractivity contribution in [2.45, 2.75) is 0 Å². The number of para-hydroxylation sites is 3. The van der Waals surface area contributed by atoms with Crippen LogP contribution in [-0.2, 0) is 0 Å². The smallest absolute Gasteiger partial charge is 0.162 e. The molecule has 0 bridgehead atoms. The lowest BCUT2D eigenvalue weighted by atomic mass is 9.90. The third-order valence-electron chi connectivity index (χ3n) is 10.9. The van der Waals surface area contributed by atoms with Crippen molar-refractivity contribution in [1.29, 1.82) is 0 Å². The van der Waals surface area contributed by atoms with Gasteiger partial charge in [0.1, 0.15) is 5.82 Å². The third kappa shape index (κ3) is 5.15. The third-order valence-corrected chi connectivity index (χ3v) is 10.9. The van der Waals surface area contributed by atoms with Gasteiger partial charge < -0.3 is 4.57 Å². The van der Waals surface area contributed by atoms with E-state index in [-0.39, 0.29) is 0 Å². The summed E-state index contributed by atoms with van der Waals surface area (Å²) in [5.41, 5.74) is 13.3. The maximum atomic E-state index is 5.30. The van der Waals surface area contributed by atoms with Crippen molar-refractivity contribution < 1.29 is 0 Å². The number of hydrogen-bond donors (Lipinski definition) is 0. The van der Waals surface area contributed by atoms with E-state index in [0.29, 0.717) is 5.82 Å². The van der Waals surface area contributed by atoms with Gasteiger partial charge in [-0.1, -0.05) is 158 Å². The van der Waals surface area contributed by atoms with Crippen molar-refractivity contribution in [2.75, 3.05) is 0 Å². The first kappa shape index (κ1) is 31.9. The first-order valence-electron chi connectivity index (χ1n) is 19.0. The summed E-state index contributed by atoms with van der Waals surface area (Å²) in [5.74, 6) is 1.51. The minimum Gasteiger partial charge on any atom is -0.309 e. The van der Waals surface area contributed by atoms with E-state index in [1.807, 2.05) is 24.3 Å². The molecule has 0 aliphatic heterocycles. The number of hydrogen-bond acceptors (Lipinski definition) is 2. The van der Waals surface area contributed by atoms with Crippen molar-refractivity contribution in [3.8, 4) is 56.4 Å². The lowest BCUT2D eigenvalue weighted by Crippen LogP contribution is -2.02. The van der Waals surface area contributed by atoms with Crippen LogP contribution in [0.5, 0.6) is 0 Å². The van der Waals surface area contributed by atoms with E-state index >= 15 is 0 Å². The lowest BCUT2D eigenvalue weighted by molar-refractivity contribution is 1.05. The highest BCUT2D eigenvalue weighted by Gasteiger charge is 2.22. The minimum atomic E-state index is 0.689. The van der Waals surface area contributed by atoms with Gasteiger partial charge in [0.2, 0.25) is 0 Å². The molecule has 262 valence electrons. The van der Waals surface area contributed by atoms with Gasteiger partial charge in [-0.05, 0) is 64.7 Å². The Morgan fingerprint density at radius 3 is 1.61 bits per heavy atom. The Bertz CT molecular complexity index is 3160. The van der Waals surface area contributed by atoms with E-state index in [4.69, 9.17) is 9.97 Å². The largest absolute Gasteiger partial charge is 0.309 e. The molecule has 4 nitrogen and oxygen atoms in total. The normalized spacial score (nSPS) is 11.6. The Kier molecular flexibility index (Phi) is 7.46. The van der Waals surface area contributed by atoms with Crippen LogP contribution in [0.2, 0.25) is 0 Å². The predicted octanol–water partition coefficient (Wildman–Crippen LogP) is 13.3. The number of aromatic nitrogens is 4. The molecule has 0 atom stereocenters. The molecule has 11 rings (SSSR count). The summed E-state index contributed by atoms with van der Waals surface area (Å²) in [6.07, 6.45) is 0. The van der Waals surface area contributed by atoms with E-state index in [1.54, 1.807) is 0 Å². The fourth-order valence-electron chi connectivity index (χ4n) is 8.46. The molecule has 0 aliphatic rings. The molecule has 0 saturated carbocycles. The maximum Gasteiger partial charge on any atom is 0.162 e. The second-order valence-electron chi connectivity index (χ2n) is 14.2. The molecule has 0 radical (unpaired) electrons. The summed E-state index contributed by atoms with van der Waals surface area (Å²) < 4.78 is 4.72. The van der Waals surface area contributed by atoms with E-state index in [0.717, 1.165) is 39.4 Å².